The van der Waals surface area contributed by atoms with E-state index in [-0.39, 0.29) is 18.6 Å². The van der Waals surface area contributed by atoms with Crippen molar-refractivity contribution in [3.05, 3.63) is 71.2 Å². The zero-order chi connectivity index (χ0) is 13.5. The highest BCUT2D eigenvalue weighted by atomic mass is 16.5. The minimum absolute atomic E-state index is 0.0638. The average Bonchev–Trinajstić information content (AvgIpc) is 2.49. The standard InChI is InChI=1S/C16H15NO2/c1-19-15(18)12-17-16(13-8-4-2-5-9-13)14-10-6-3-7-11-14/h2,4-6,8-11,16-17H,12H2,1H3. The molecule has 3 heteroatoms. The number of hydrogen-bond acceptors (Lipinski definition) is 3. The molecule has 0 fully saturated rings. The summed E-state index contributed by atoms with van der Waals surface area (Å²) in [5, 5.41) is 3.19. The molecular formula is C16H15NO2. The largest absolute Gasteiger partial charge is 0.468 e. The number of hydrogen-bond donors (Lipinski definition) is 1. The van der Waals surface area contributed by atoms with Gasteiger partial charge in [-0.25, -0.2) is 0 Å². The third-order valence-electron chi connectivity index (χ3n) is 2.83. The van der Waals surface area contributed by atoms with Crippen LogP contribution in [-0.4, -0.2) is 19.6 Å². The van der Waals surface area contributed by atoms with Gasteiger partial charge in [0.1, 0.15) is 0 Å². The summed E-state index contributed by atoms with van der Waals surface area (Å²) in [6.07, 6.45) is 5.63. The summed E-state index contributed by atoms with van der Waals surface area (Å²) < 4.78 is 4.66. The normalized spacial score (nSPS) is 14.1. The molecule has 1 aliphatic carbocycles. The highest BCUT2D eigenvalue weighted by molar-refractivity contribution is 5.71. The van der Waals surface area contributed by atoms with E-state index >= 15 is 0 Å². The Kier molecular flexibility index (Phi) is 4.54. The van der Waals surface area contributed by atoms with Gasteiger partial charge in [-0.15, -0.1) is 0 Å². The smallest absolute Gasteiger partial charge is 0.319 e. The van der Waals surface area contributed by atoms with E-state index in [2.05, 4.69) is 21.5 Å². The molecule has 0 aromatic heterocycles. The fourth-order valence-electron chi connectivity index (χ4n) is 1.87. The Bertz CT molecular complexity index is 574. The van der Waals surface area contributed by atoms with E-state index < -0.39 is 0 Å². The molecule has 0 saturated carbocycles. The van der Waals surface area contributed by atoms with Gasteiger partial charge in [0.25, 0.3) is 0 Å². The number of carbonyl (C=O) groups is 1. The van der Waals surface area contributed by atoms with E-state index in [1.165, 1.54) is 7.11 Å². The highest BCUT2D eigenvalue weighted by Crippen LogP contribution is 2.23. The van der Waals surface area contributed by atoms with Crippen LogP contribution in [0.2, 0.25) is 0 Å². The van der Waals surface area contributed by atoms with E-state index in [1.54, 1.807) is 0 Å². The molecule has 2 rings (SSSR count). The van der Waals surface area contributed by atoms with Gasteiger partial charge in [-0.1, -0.05) is 41.8 Å². The molecule has 1 aromatic rings. The maximum Gasteiger partial charge on any atom is 0.319 e. The molecule has 1 atom stereocenters. The molecule has 96 valence electrons. The van der Waals surface area contributed by atoms with Crippen LogP contribution in [0, 0.1) is 0 Å². The van der Waals surface area contributed by atoms with Crippen molar-refractivity contribution in [2.24, 2.45) is 0 Å². The van der Waals surface area contributed by atoms with Crippen LogP contribution in [0.5, 0.6) is 0 Å². The second-order valence-electron chi connectivity index (χ2n) is 4.07. The maximum absolute atomic E-state index is 11.3. The molecule has 1 aromatic carbocycles. The van der Waals surface area contributed by atoms with Gasteiger partial charge < -0.3 is 4.74 Å². The lowest BCUT2D eigenvalue weighted by Crippen LogP contribution is -2.29. The minimum atomic E-state index is -0.285. The molecule has 0 heterocycles. The van der Waals surface area contributed by atoms with E-state index in [4.69, 9.17) is 0 Å². The number of esters is 1. The molecule has 19 heavy (non-hydrogen) atoms. The van der Waals surface area contributed by atoms with Crippen LogP contribution in [0.15, 0.2) is 65.6 Å². The van der Waals surface area contributed by atoms with Crippen LogP contribution in [0.3, 0.4) is 0 Å². The molecule has 1 unspecified atom stereocenters. The van der Waals surface area contributed by atoms with E-state index in [9.17, 15) is 4.79 Å². The van der Waals surface area contributed by atoms with Crippen LogP contribution in [0.25, 0.3) is 0 Å². The van der Waals surface area contributed by atoms with Gasteiger partial charge in [0.2, 0.25) is 0 Å². The molecule has 0 spiro atoms. The Morgan fingerprint density at radius 2 is 2.11 bits per heavy atom. The zero-order valence-electron chi connectivity index (χ0n) is 10.7. The summed E-state index contributed by atoms with van der Waals surface area (Å²) in [7, 11) is 1.38. The Morgan fingerprint density at radius 1 is 1.32 bits per heavy atom. The van der Waals surface area contributed by atoms with Gasteiger partial charge in [-0.3, -0.25) is 10.1 Å². The molecule has 0 amide bonds. The van der Waals surface area contributed by atoms with Crippen LogP contribution in [0.4, 0.5) is 0 Å². The molecule has 0 aliphatic heterocycles. The fraction of sp³-hybridized carbons (Fsp3) is 0.188. The van der Waals surface area contributed by atoms with Crippen LogP contribution >= 0.6 is 0 Å². The lowest BCUT2D eigenvalue weighted by Gasteiger charge is -2.19. The van der Waals surface area contributed by atoms with Crippen molar-refractivity contribution in [2.45, 2.75) is 6.04 Å². The molecule has 0 saturated heterocycles. The first-order valence-electron chi connectivity index (χ1n) is 6.04. The Balaban J connectivity index is 2.19. The lowest BCUT2D eigenvalue weighted by atomic mass is 9.97. The summed E-state index contributed by atoms with van der Waals surface area (Å²) in [4.78, 5) is 11.3. The number of allylic oxidation sites excluding steroid dienone is 2. The summed E-state index contributed by atoms with van der Waals surface area (Å²) in [6.45, 7) is 0.161. The van der Waals surface area contributed by atoms with Gasteiger partial charge in [0, 0.05) is 0 Å². The summed E-state index contributed by atoms with van der Waals surface area (Å²) in [5.74, 6) is -0.285. The fourth-order valence-corrected chi connectivity index (χ4v) is 1.87. The second kappa shape index (κ2) is 6.58. The van der Waals surface area contributed by atoms with E-state index in [0.717, 1.165) is 11.1 Å². The maximum atomic E-state index is 11.3. The summed E-state index contributed by atoms with van der Waals surface area (Å²) >= 11 is 0. The van der Waals surface area contributed by atoms with Gasteiger partial charge in [-0.2, -0.15) is 0 Å². The number of benzene rings is 1. The van der Waals surface area contributed by atoms with E-state index in [1.807, 2.05) is 48.6 Å². The number of methoxy groups -OCH3 is 1. The van der Waals surface area contributed by atoms with Gasteiger partial charge >= 0.3 is 5.97 Å². The first-order chi connectivity index (χ1) is 9.31. The Morgan fingerprint density at radius 3 is 2.74 bits per heavy atom. The SMILES string of the molecule is COC(=O)CNC(C1=CC=C=C=C1)c1ccccc1. The van der Waals surface area contributed by atoms with Crippen molar-refractivity contribution >= 4 is 5.97 Å². The van der Waals surface area contributed by atoms with Crippen molar-refractivity contribution in [1.29, 1.82) is 0 Å². The minimum Gasteiger partial charge on any atom is -0.468 e. The number of ether oxygens (including phenoxy) is 1. The topological polar surface area (TPSA) is 38.3 Å². The molecule has 0 radical (unpaired) electrons. The lowest BCUT2D eigenvalue weighted by molar-refractivity contribution is -0.139. The molecule has 1 N–H and O–H groups in total. The van der Waals surface area contributed by atoms with Gasteiger partial charge in [-0.05, 0) is 29.4 Å². The average molecular weight is 253 g/mol. The monoisotopic (exact) mass is 253 g/mol. The third-order valence-corrected chi connectivity index (χ3v) is 2.83. The highest BCUT2D eigenvalue weighted by Gasteiger charge is 2.16. The van der Waals surface area contributed by atoms with Crippen molar-refractivity contribution in [3.8, 4) is 0 Å². The number of carbonyl (C=O) groups excluding carboxylic acids is 1. The Hall–Kier alpha value is -2.31. The molecule has 0 bridgehead atoms. The molecule has 1 aliphatic rings. The molecular weight excluding hydrogens is 238 g/mol. The van der Waals surface area contributed by atoms with Crippen molar-refractivity contribution in [1.82, 2.24) is 5.32 Å². The van der Waals surface area contributed by atoms with Crippen LogP contribution in [0.1, 0.15) is 11.6 Å². The molecule has 3 nitrogen and oxygen atoms in total. The third kappa shape index (κ3) is 3.57. The zero-order valence-corrected chi connectivity index (χ0v) is 10.7. The second-order valence-corrected chi connectivity index (χ2v) is 4.07. The first-order valence-corrected chi connectivity index (χ1v) is 6.04. The predicted molar refractivity (Wildman–Crippen MR) is 73.5 cm³/mol. The number of rotatable bonds is 5. The Labute approximate surface area is 112 Å². The van der Waals surface area contributed by atoms with Crippen LogP contribution in [-0.2, 0) is 9.53 Å². The van der Waals surface area contributed by atoms with Crippen molar-refractivity contribution in [2.75, 3.05) is 13.7 Å². The van der Waals surface area contributed by atoms with Gasteiger partial charge in [0.15, 0.2) is 0 Å². The number of nitrogens with one attached hydrogen (secondary N) is 1. The van der Waals surface area contributed by atoms with E-state index in [0.29, 0.717) is 0 Å². The van der Waals surface area contributed by atoms with Crippen molar-refractivity contribution < 1.29 is 9.53 Å². The summed E-state index contributed by atoms with van der Waals surface area (Å²) in [5.41, 5.74) is 7.93. The summed E-state index contributed by atoms with van der Waals surface area (Å²) in [6, 6.07) is 9.89. The first kappa shape index (κ1) is 13.1. The van der Waals surface area contributed by atoms with Gasteiger partial charge in [0.05, 0.1) is 19.7 Å². The van der Waals surface area contributed by atoms with Crippen LogP contribution < -0.4 is 5.32 Å². The quantitative estimate of drug-likeness (QED) is 0.646. The van der Waals surface area contributed by atoms with Crippen molar-refractivity contribution in [3.63, 3.8) is 0 Å². The predicted octanol–water partition coefficient (Wildman–Crippen LogP) is 2.30.